The number of benzene rings is 2. The number of nitrogens with zero attached hydrogens (tertiary/aromatic N) is 2. The van der Waals surface area contributed by atoms with Gasteiger partial charge in [0.05, 0.1) is 11.6 Å². The smallest absolute Gasteiger partial charge is 0.251 e. The highest BCUT2D eigenvalue weighted by molar-refractivity contribution is 5.99. The van der Waals surface area contributed by atoms with E-state index < -0.39 is 0 Å². The number of carbonyl (C=O) groups excluding carboxylic acids is 1. The third kappa shape index (κ3) is 3.00. The van der Waals surface area contributed by atoms with Crippen molar-refractivity contribution in [2.24, 2.45) is 5.92 Å². The molecular weight excluding hydrogens is 298 g/mol. The molecule has 24 heavy (non-hydrogen) atoms. The maximum Gasteiger partial charge on any atom is 0.251 e. The number of carbonyl (C=O) groups is 1. The molecule has 1 unspecified atom stereocenters. The fourth-order valence-electron chi connectivity index (χ4n) is 4.02. The molecule has 1 N–H and O–H groups in total. The second-order valence-corrected chi connectivity index (χ2v) is 7.04. The zero-order valence-electron chi connectivity index (χ0n) is 13.7. The van der Waals surface area contributed by atoms with E-state index in [1.807, 2.05) is 30.3 Å². The molecule has 2 bridgehead atoms. The van der Waals surface area contributed by atoms with Gasteiger partial charge in [-0.05, 0) is 73.3 Å². The topological polar surface area (TPSA) is 56.1 Å². The van der Waals surface area contributed by atoms with Gasteiger partial charge in [0.25, 0.3) is 5.91 Å². The molecule has 2 aromatic carbocycles. The Morgan fingerprint density at radius 2 is 1.92 bits per heavy atom. The maximum atomic E-state index is 12.7. The van der Waals surface area contributed by atoms with E-state index in [0.717, 1.165) is 29.7 Å². The van der Waals surface area contributed by atoms with E-state index in [1.54, 1.807) is 6.07 Å². The first-order valence-corrected chi connectivity index (χ1v) is 8.68. The molecule has 3 fully saturated rings. The Hall–Kier alpha value is -2.38. The van der Waals surface area contributed by atoms with Gasteiger partial charge in [-0.1, -0.05) is 12.1 Å². The standard InChI is InChI=1S/C20H21N3O/c21-12-15-1-2-16-3-4-17(11-18(16)9-15)20(24)22-19-10-14-5-7-23(13-19)8-6-14/h1-4,9,11,14,19H,5-8,10,13H2,(H,22,24). The molecule has 3 aliphatic heterocycles. The zero-order chi connectivity index (χ0) is 16.5. The van der Waals surface area contributed by atoms with Gasteiger partial charge in [-0.15, -0.1) is 0 Å². The van der Waals surface area contributed by atoms with E-state index in [1.165, 1.54) is 25.9 Å². The van der Waals surface area contributed by atoms with Crippen LogP contribution in [0.25, 0.3) is 10.8 Å². The van der Waals surface area contributed by atoms with Gasteiger partial charge in [0.15, 0.2) is 0 Å². The van der Waals surface area contributed by atoms with Gasteiger partial charge in [0, 0.05) is 18.2 Å². The van der Waals surface area contributed by atoms with E-state index >= 15 is 0 Å². The monoisotopic (exact) mass is 319 g/mol. The first kappa shape index (κ1) is 15.2. The molecule has 3 heterocycles. The minimum atomic E-state index is -0.00763. The van der Waals surface area contributed by atoms with Crippen LogP contribution in [-0.2, 0) is 0 Å². The highest BCUT2D eigenvalue weighted by Crippen LogP contribution is 2.27. The minimum absolute atomic E-state index is 0.00763. The molecule has 0 aromatic heterocycles. The fourth-order valence-corrected chi connectivity index (χ4v) is 4.02. The van der Waals surface area contributed by atoms with Crippen LogP contribution in [0.15, 0.2) is 36.4 Å². The van der Waals surface area contributed by atoms with Crippen molar-refractivity contribution in [3.63, 3.8) is 0 Å². The first-order chi connectivity index (χ1) is 11.7. The van der Waals surface area contributed by atoms with Gasteiger partial charge < -0.3 is 10.2 Å². The predicted molar refractivity (Wildman–Crippen MR) is 93.7 cm³/mol. The normalized spacial score (nSPS) is 25.9. The lowest BCUT2D eigenvalue weighted by atomic mass is 9.94. The molecule has 0 saturated carbocycles. The Bertz CT molecular complexity index is 801. The van der Waals surface area contributed by atoms with E-state index in [2.05, 4.69) is 16.3 Å². The Balaban J connectivity index is 1.53. The van der Waals surface area contributed by atoms with Crippen LogP contribution in [0, 0.1) is 17.2 Å². The Morgan fingerprint density at radius 1 is 1.12 bits per heavy atom. The number of hydrogen-bond donors (Lipinski definition) is 1. The second-order valence-electron chi connectivity index (χ2n) is 7.04. The molecule has 4 nitrogen and oxygen atoms in total. The first-order valence-electron chi connectivity index (χ1n) is 8.68. The predicted octanol–water partition coefficient (Wildman–Crippen LogP) is 2.93. The van der Waals surface area contributed by atoms with E-state index in [4.69, 9.17) is 5.26 Å². The molecular formula is C20H21N3O. The molecule has 1 amide bonds. The molecule has 2 aromatic rings. The molecule has 0 spiro atoms. The number of amides is 1. The van der Waals surface area contributed by atoms with Crippen LogP contribution in [-0.4, -0.2) is 36.5 Å². The van der Waals surface area contributed by atoms with Crippen LogP contribution in [0.5, 0.6) is 0 Å². The van der Waals surface area contributed by atoms with Crippen molar-refractivity contribution in [1.82, 2.24) is 10.2 Å². The van der Waals surface area contributed by atoms with Gasteiger partial charge in [-0.25, -0.2) is 0 Å². The van der Waals surface area contributed by atoms with Gasteiger partial charge >= 0.3 is 0 Å². The summed E-state index contributed by atoms with van der Waals surface area (Å²) in [7, 11) is 0. The molecule has 4 heteroatoms. The Labute approximate surface area is 142 Å². The fraction of sp³-hybridized carbons (Fsp3) is 0.400. The zero-order valence-corrected chi connectivity index (χ0v) is 13.7. The summed E-state index contributed by atoms with van der Waals surface area (Å²) >= 11 is 0. The van der Waals surface area contributed by atoms with Crippen LogP contribution >= 0.6 is 0 Å². The molecule has 5 rings (SSSR count). The lowest BCUT2D eigenvalue weighted by Crippen LogP contribution is -2.41. The summed E-state index contributed by atoms with van der Waals surface area (Å²) < 4.78 is 0. The van der Waals surface area contributed by atoms with E-state index in [-0.39, 0.29) is 11.9 Å². The van der Waals surface area contributed by atoms with Crippen molar-refractivity contribution in [2.45, 2.75) is 25.3 Å². The van der Waals surface area contributed by atoms with Gasteiger partial charge in [-0.3, -0.25) is 4.79 Å². The number of fused-ring (bicyclic) bond motifs is 5. The van der Waals surface area contributed by atoms with Crippen molar-refractivity contribution in [2.75, 3.05) is 19.6 Å². The third-order valence-corrected chi connectivity index (χ3v) is 5.37. The van der Waals surface area contributed by atoms with Crippen LogP contribution in [0.1, 0.15) is 35.2 Å². The molecule has 0 aliphatic carbocycles. The van der Waals surface area contributed by atoms with E-state index in [0.29, 0.717) is 11.1 Å². The number of piperidine rings is 1. The van der Waals surface area contributed by atoms with Crippen LogP contribution in [0.3, 0.4) is 0 Å². The van der Waals surface area contributed by atoms with Crippen molar-refractivity contribution < 1.29 is 4.79 Å². The highest BCUT2D eigenvalue weighted by Gasteiger charge is 2.29. The SMILES string of the molecule is N#Cc1ccc2ccc(C(=O)NC3CC4CCN(CC4)C3)cc2c1. The third-order valence-electron chi connectivity index (χ3n) is 5.37. The number of nitriles is 1. The van der Waals surface area contributed by atoms with Gasteiger partial charge in [-0.2, -0.15) is 5.26 Å². The van der Waals surface area contributed by atoms with Gasteiger partial charge in [0.1, 0.15) is 0 Å². The maximum absolute atomic E-state index is 12.7. The largest absolute Gasteiger partial charge is 0.348 e. The average molecular weight is 319 g/mol. The second kappa shape index (κ2) is 6.26. The van der Waals surface area contributed by atoms with Gasteiger partial charge in [0.2, 0.25) is 0 Å². The van der Waals surface area contributed by atoms with Crippen molar-refractivity contribution in [3.05, 3.63) is 47.5 Å². The van der Waals surface area contributed by atoms with Crippen molar-refractivity contribution in [1.29, 1.82) is 5.26 Å². The average Bonchev–Trinajstić information content (AvgIpc) is 2.93. The summed E-state index contributed by atoms with van der Waals surface area (Å²) in [6.07, 6.45) is 3.62. The minimum Gasteiger partial charge on any atom is -0.348 e. The Morgan fingerprint density at radius 3 is 2.71 bits per heavy atom. The Kier molecular flexibility index (Phi) is 3.95. The summed E-state index contributed by atoms with van der Waals surface area (Å²) in [6.45, 7) is 3.31. The summed E-state index contributed by atoms with van der Waals surface area (Å²) in [4.78, 5) is 15.1. The summed E-state index contributed by atoms with van der Waals surface area (Å²) in [5.41, 5.74) is 1.29. The lowest BCUT2D eigenvalue weighted by molar-refractivity contribution is 0.0929. The lowest BCUT2D eigenvalue weighted by Gasteiger charge is -2.26. The molecule has 0 radical (unpaired) electrons. The summed E-state index contributed by atoms with van der Waals surface area (Å²) in [5.74, 6) is 0.746. The van der Waals surface area contributed by atoms with Crippen LogP contribution in [0.4, 0.5) is 0 Å². The van der Waals surface area contributed by atoms with Crippen molar-refractivity contribution in [3.8, 4) is 6.07 Å². The van der Waals surface area contributed by atoms with Crippen molar-refractivity contribution >= 4 is 16.7 Å². The van der Waals surface area contributed by atoms with E-state index in [9.17, 15) is 4.79 Å². The van der Waals surface area contributed by atoms with Crippen LogP contribution in [0.2, 0.25) is 0 Å². The summed E-state index contributed by atoms with van der Waals surface area (Å²) in [6, 6.07) is 13.7. The summed E-state index contributed by atoms with van der Waals surface area (Å²) in [5, 5.41) is 14.2. The molecule has 1 atom stereocenters. The molecule has 3 saturated heterocycles. The van der Waals surface area contributed by atoms with Crippen LogP contribution < -0.4 is 5.32 Å². The quantitative estimate of drug-likeness (QED) is 0.926. The number of hydrogen-bond acceptors (Lipinski definition) is 3. The molecule has 122 valence electrons. The number of rotatable bonds is 2. The number of nitrogens with one attached hydrogen (secondary N) is 1. The molecule has 3 aliphatic rings. The highest BCUT2D eigenvalue weighted by atomic mass is 16.1.